The number of nitrogens with one attached hydrogen (secondary N) is 1. The van der Waals surface area contributed by atoms with Gasteiger partial charge in [0.2, 0.25) is 0 Å². The van der Waals surface area contributed by atoms with Gasteiger partial charge < -0.3 is 15.0 Å². The van der Waals surface area contributed by atoms with Crippen molar-refractivity contribution in [2.24, 2.45) is 5.92 Å². The fourth-order valence-corrected chi connectivity index (χ4v) is 2.08. The first-order valence-corrected chi connectivity index (χ1v) is 8.09. The van der Waals surface area contributed by atoms with E-state index in [0.29, 0.717) is 12.3 Å². The van der Waals surface area contributed by atoms with Crippen molar-refractivity contribution in [3.63, 3.8) is 0 Å². The van der Waals surface area contributed by atoms with Crippen LogP contribution in [0.2, 0.25) is 0 Å². The van der Waals surface area contributed by atoms with Gasteiger partial charge in [0.25, 0.3) is 0 Å². The standard InChI is InChI=1S/C16H32N2O3/c1-6-8-10-18(11-9-7-2)16(20)17-14(12-13(3)4)15(19)21-5/h13-14H,6-12H2,1-5H3,(H,17,20). The van der Waals surface area contributed by atoms with Crippen LogP contribution in [0.15, 0.2) is 0 Å². The lowest BCUT2D eigenvalue weighted by Gasteiger charge is -2.26. The zero-order valence-corrected chi connectivity index (χ0v) is 14.3. The quantitative estimate of drug-likeness (QED) is 0.630. The number of esters is 1. The summed E-state index contributed by atoms with van der Waals surface area (Å²) in [6.07, 6.45) is 4.63. The van der Waals surface area contributed by atoms with Crippen molar-refractivity contribution < 1.29 is 14.3 Å². The number of carbonyl (C=O) groups is 2. The van der Waals surface area contributed by atoms with Crippen LogP contribution in [0.25, 0.3) is 0 Å². The highest BCUT2D eigenvalue weighted by atomic mass is 16.5. The van der Waals surface area contributed by atoms with Crippen LogP contribution in [0.5, 0.6) is 0 Å². The van der Waals surface area contributed by atoms with Gasteiger partial charge in [0, 0.05) is 13.1 Å². The van der Waals surface area contributed by atoms with E-state index in [2.05, 4.69) is 19.2 Å². The summed E-state index contributed by atoms with van der Waals surface area (Å²) in [5.74, 6) is -0.0582. The summed E-state index contributed by atoms with van der Waals surface area (Å²) < 4.78 is 4.78. The molecule has 2 amide bonds. The fraction of sp³-hybridized carbons (Fsp3) is 0.875. The van der Waals surface area contributed by atoms with Gasteiger partial charge in [-0.1, -0.05) is 40.5 Å². The third-order valence-electron chi connectivity index (χ3n) is 3.34. The third-order valence-corrected chi connectivity index (χ3v) is 3.34. The molecule has 0 radical (unpaired) electrons. The SMILES string of the molecule is CCCCN(CCCC)C(=O)NC(CC(C)C)C(=O)OC. The Morgan fingerprint density at radius 3 is 2.00 bits per heavy atom. The van der Waals surface area contributed by atoms with Crippen LogP contribution in [0, 0.1) is 5.92 Å². The molecule has 124 valence electrons. The van der Waals surface area contributed by atoms with Crippen molar-refractivity contribution in [3.8, 4) is 0 Å². The van der Waals surface area contributed by atoms with Crippen LogP contribution >= 0.6 is 0 Å². The van der Waals surface area contributed by atoms with Gasteiger partial charge in [-0.05, 0) is 25.2 Å². The number of nitrogens with zero attached hydrogens (tertiary/aromatic N) is 1. The van der Waals surface area contributed by atoms with Crippen molar-refractivity contribution in [1.82, 2.24) is 10.2 Å². The van der Waals surface area contributed by atoms with Gasteiger partial charge in [0.05, 0.1) is 7.11 Å². The smallest absolute Gasteiger partial charge is 0.328 e. The summed E-state index contributed by atoms with van der Waals surface area (Å²) in [6, 6.07) is -0.721. The van der Waals surface area contributed by atoms with E-state index in [-0.39, 0.29) is 12.0 Å². The minimum Gasteiger partial charge on any atom is -0.467 e. The van der Waals surface area contributed by atoms with E-state index in [1.165, 1.54) is 7.11 Å². The molecular weight excluding hydrogens is 268 g/mol. The van der Waals surface area contributed by atoms with Gasteiger partial charge in [-0.2, -0.15) is 0 Å². The number of urea groups is 1. The molecule has 21 heavy (non-hydrogen) atoms. The molecule has 1 N–H and O–H groups in total. The number of ether oxygens (including phenoxy) is 1. The first-order chi connectivity index (χ1) is 9.96. The largest absolute Gasteiger partial charge is 0.467 e. The monoisotopic (exact) mass is 300 g/mol. The molecule has 0 saturated heterocycles. The topological polar surface area (TPSA) is 58.6 Å². The van der Waals surface area contributed by atoms with Gasteiger partial charge in [-0.3, -0.25) is 0 Å². The number of carbonyl (C=O) groups excluding carboxylic acids is 2. The molecule has 0 spiro atoms. The van der Waals surface area contributed by atoms with Gasteiger partial charge in [0.1, 0.15) is 6.04 Å². The summed E-state index contributed by atoms with van der Waals surface area (Å²) in [7, 11) is 1.35. The van der Waals surface area contributed by atoms with E-state index in [1.807, 2.05) is 18.7 Å². The number of hydrogen-bond donors (Lipinski definition) is 1. The Labute approximate surface area is 129 Å². The van der Waals surface area contributed by atoms with Crippen molar-refractivity contribution in [3.05, 3.63) is 0 Å². The highest BCUT2D eigenvalue weighted by Crippen LogP contribution is 2.08. The van der Waals surface area contributed by atoms with E-state index < -0.39 is 6.04 Å². The molecule has 0 heterocycles. The Bertz CT molecular complexity index is 298. The number of unbranched alkanes of at least 4 members (excludes halogenated alkanes) is 2. The van der Waals surface area contributed by atoms with Gasteiger partial charge in [0.15, 0.2) is 0 Å². The van der Waals surface area contributed by atoms with Crippen LogP contribution in [0.1, 0.15) is 59.8 Å². The van der Waals surface area contributed by atoms with E-state index in [4.69, 9.17) is 4.74 Å². The maximum Gasteiger partial charge on any atom is 0.328 e. The number of hydrogen-bond acceptors (Lipinski definition) is 3. The van der Waals surface area contributed by atoms with E-state index in [9.17, 15) is 9.59 Å². The zero-order chi connectivity index (χ0) is 16.3. The summed E-state index contributed by atoms with van der Waals surface area (Å²) in [5, 5.41) is 2.83. The lowest BCUT2D eigenvalue weighted by molar-refractivity contribution is -0.143. The van der Waals surface area contributed by atoms with E-state index >= 15 is 0 Å². The number of amides is 2. The van der Waals surface area contributed by atoms with Crippen molar-refractivity contribution in [2.75, 3.05) is 20.2 Å². The summed E-state index contributed by atoms with van der Waals surface area (Å²) in [5.41, 5.74) is 0. The molecule has 0 aromatic heterocycles. The molecule has 0 aromatic rings. The predicted octanol–water partition coefficient (Wildman–Crippen LogP) is 3.19. The lowest BCUT2D eigenvalue weighted by atomic mass is 10.0. The molecule has 0 aliphatic heterocycles. The molecule has 0 aromatic carbocycles. The Morgan fingerprint density at radius 2 is 1.62 bits per heavy atom. The average Bonchev–Trinajstić information content (AvgIpc) is 2.45. The fourth-order valence-electron chi connectivity index (χ4n) is 2.08. The lowest BCUT2D eigenvalue weighted by Crippen LogP contribution is -2.49. The zero-order valence-electron chi connectivity index (χ0n) is 14.3. The Morgan fingerprint density at radius 1 is 1.10 bits per heavy atom. The van der Waals surface area contributed by atoms with Crippen molar-refractivity contribution in [2.45, 2.75) is 65.8 Å². The highest BCUT2D eigenvalue weighted by molar-refractivity contribution is 5.83. The Kier molecular flexibility index (Phi) is 10.7. The summed E-state index contributed by atoms with van der Waals surface area (Å²) in [4.78, 5) is 26.0. The molecule has 1 atom stereocenters. The highest BCUT2D eigenvalue weighted by Gasteiger charge is 2.24. The molecule has 0 aliphatic rings. The number of methoxy groups -OCH3 is 1. The van der Waals surface area contributed by atoms with Crippen LogP contribution in [0.3, 0.4) is 0 Å². The maximum atomic E-state index is 12.4. The molecule has 5 heteroatoms. The first-order valence-electron chi connectivity index (χ1n) is 8.09. The van der Waals surface area contributed by atoms with Crippen LogP contribution in [0.4, 0.5) is 4.79 Å². The molecule has 0 aliphatic carbocycles. The van der Waals surface area contributed by atoms with Crippen molar-refractivity contribution in [1.29, 1.82) is 0 Å². The molecule has 0 rings (SSSR count). The normalized spacial score (nSPS) is 12.1. The second-order valence-electron chi connectivity index (χ2n) is 5.85. The Balaban J connectivity index is 4.67. The molecule has 1 unspecified atom stereocenters. The Hall–Kier alpha value is -1.26. The number of rotatable bonds is 10. The van der Waals surface area contributed by atoms with E-state index in [0.717, 1.165) is 38.8 Å². The van der Waals surface area contributed by atoms with Crippen molar-refractivity contribution >= 4 is 12.0 Å². The molecule has 0 saturated carbocycles. The third kappa shape index (κ3) is 8.58. The summed E-state index contributed by atoms with van der Waals surface area (Å²) in [6.45, 7) is 9.72. The van der Waals surface area contributed by atoms with Crippen LogP contribution < -0.4 is 5.32 Å². The second kappa shape index (κ2) is 11.4. The molecule has 0 bridgehead atoms. The van der Waals surface area contributed by atoms with Gasteiger partial charge >= 0.3 is 12.0 Å². The minimum atomic E-state index is -0.562. The summed E-state index contributed by atoms with van der Waals surface area (Å²) >= 11 is 0. The van der Waals surface area contributed by atoms with Gasteiger partial charge in [-0.15, -0.1) is 0 Å². The van der Waals surface area contributed by atoms with Crippen LogP contribution in [-0.2, 0) is 9.53 Å². The van der Waals surface area contributed by atoms with E-state index in [1.54, 1.807) is 0 Å². The molecule has 0 fully saturated rings. The molecule has 5 nitrogen and oxygen atoms in total. The predicted molar refractivity (Wildman–Crippen MR) is 85.2 cm³/mol. The maximum absolute atomic E-state index is 12.4. The first kappa shape index (κ1) is 19.7. The second-order valence-corrected chi connectivity index (χ2v) is 5.85. The minimum absolute atomic E-state index is 0.159. The van der Waals surface area contributed by atoms with Gasteiger partial charge in [-0.25, -0.2) is 9.59 Å². The van der Waals surface area contributed by atoms with Crippen LogP contribution in [-0.4, -0.2) is 43.1 Å². The average molecular weight is 300 g/mol. The molecular formula is C16H32N2O3.